The van der Waals surface area contributed by atoms with Crippen molar-refractivity contribution in [2.24, 2.45) is 11.5 Å². The van der Waals surface area contributed by atoms with E-state index in [0.29, 0.717) is 0 Å². The Morgan fingerprint density at radius 2 is 1.04 bits per heavy atom. The van der Waals surface area contributed by atoms with Gasteiger partial charge in [-0.1, -0.05) is 0 Å². The van der Waals surface area contributed by atoms with E-state index < -0.39 is 47.8 Å². The highest BCUT2D eigenvalue weighted by atomic mass is 19.1. The molecular formula is C18H34F2N4O4. The summed E-state index contributed by atoms with van der Waals surface area (Å²) in [6, 6.07) is -1.16. The minimum Gasteiger partial charge on any atom is -0.444 e. The van der Waals surface area contributed by atoms with Gasteiger partial charge in [-0.05, 0) is 41.5 Å². The van der Waals surface area contributed by atoms with E-state index in [2.05, 4.69) is 0 Å². The topological polar surface area (TPSA) is 111 Å². The number of carbonyl (C=O) groups is 2. The van der Waals surface area contributed by atoms with Crippen LogP contribution in [-0.4, -0.2) is 83.8 Å². The average Bonchev–Trinajstić information content (AvgIpc) is 3.00. The number of carbonyl (C=O) groups excluding carboxylic acids is 2. The number of nitrogens with zero attached hydrogens (tertiary/aromatic N) is 2. The van der Waals surface area contributed by atoms with Gasteiger partial charge in [0.2, 0.25) is 0 Å². The van der Waals surface area contributed by atoms with Crippen LogP contribution in [0.3, 0.4) is 0 Å². The lowest BCUT2D eigenvalue weighted by Crippen LogP contribution is -2.36. The van der Waals surface area contributed by atoms with E-state index in [0.717, 1.165) is 0 Å². The van der Waals surface area contributed by atoms with Gasteiger partial charge in [0.05, 0.1) is 25.2 Å². The Balaban J connectivity index is 0.000000280. The molecule has 0 aromatic heterocycles. The highest BCUT2D eigenvalue weighted by molar-refractivity contribution is 5.69. The van der Waals surface area contributed by atoms with Crippen molar-refractivity contribution in [1.29, 1.82) is 0 Å². The van der Waals surface area contributed by atoms with Gasteiger partial charge in [0.25, 0.3) is 0 Å². The van der Waals surface area contributed by atoms with E-state index in [1.807, 2.05) is 0 Å². The Kier molecular flexibility index (Phi) is 8.01. The first-order valence-corrected chi connectivity index (χ1v) is 9.34. The van der Waals surface area contributed by atoms with Crippen molar-refractivity contribution in [3.8, 4) is 0 Å². The second kappa shape index (κ2) is 9.21. The van der Waals surface area contributed by atoms with Crippen LogP contribution < -0.4 is 11.5 Å². The van der Waals surface area contributed by atoms with Crippen molar-refractivity contribution in [3.05, 3.63) is 0 Å². The molecule has 0 unspecified atom stereocenters. The van der Waals surface area contributed by atoms with Crippen molar-refractivity contribution < 1.29 is 27.8 Å². The van der Waals surface area contributed by atoms with Crippen molar-refractivity contribution in [1.82, 2.24) is 9.80 Å². The molecule has 4 atom stereocenters. The Bertz CT molecular complexity index is 483. The number of nitrogens with two attached hydrogens (primary N) is 2. The number of halogens is 2. The van der Waals surface area contributed by atoms with E-state index >= 15 is 0 Å². The van der Waals surface area contributed by atoms with Gasteiger partial charge in [-0.15, -0.1) is 0 Å². The Hall–Kier alpha value is -1.68. The normalized spacial score (nSPS) is 27.9. The molecule has 2 rings (SSSR count). The van der Waals surface area contributed by atoms with Crippen LogP contribution in [-0.2, 0) is 9.47 Å². The van der Waals surface area contributed by atoms with Gasteiger partial charge < -0.3 is 30.7 Å². The molecular weight excluding hydrogens is 374 g/mol. The molecule has 0 aliphatic carbocycles. The van der Waals surface area contributed by atoms with E-state index in [-0.39, 0.29) is 26.2 Å². The molecule has 0 radical (unpaired) electrons. The zero-order chi connectivity index (χ0) is 21.9. The lowest BCUT2D eigenvalue weighted by molar-refractivity contribution is 0.0273. The summed E-state index contributed by atoms with van der Waals surface area (Å²) in [6.45, 7) is 11.2. The first-order valence-electron chi connectivity index (χ1n) is 9.34. The molecule has 0 bridgehead atoms. The molecule has 2 heterocycles. The number of ether oxygens (including phenoxy) is 2. The lowest BCUT2D eigenvalue weighted by atomic mass is 10.2. The summed E-state index contributed by atoms with van der Waals surface area (Å²) >= 11 is 0. The van der Waals surface area contributed by atoms with E-state index in [4.69, 9.17) is 20.9 Å². The van der Waals surface area contributed by atoms with Crippen LogP contribution in [0.25, 0.3) is 0 Å². The van der Waals surface area contributed by atoms with Crippen LogP contribution in [0.4, 0.5) is 18.4 Å². The number of rotatable bonds is 0. The summed E-state index contributed by atoms with van der Waals surface area (Å²) in [5, 5.41) is 0. The van der Waals surface area contributed by atoms with Crippen molar-refractivity contribution in [2.75, 3.05) is 26.2 Å². The van der Waals surface area contributed by atoms with Gasteiger partial charge in [-0.2, -0.15) is 0 Å². The maximum Gasteiger partial charge on any atom is 0.410 e. The highest BCUT2D eigenvalue weighted by Crippen LogP contribution is 2.17. The second-order valence-corrected chi connectivity index (χ2v) is 9.13. The first-order chi connectivity index (χ1) is 12.6. The third kappa shape index (κ3) is 8.14. The molecule has 2 amide bonds. The predicted molar refractivity (Wildman–Crippen MR) is 101 cm³/mol. The van der Waals surface area contributed by atoms with Crippen molar-refractivity contribution >= 4 is 12.2 Å². The number of likely N-dealkylation sites (tertiary alicyclic amines) is 2. The van der Waals surface area contributed by atoms with E-state index in [1.165, 1.54) is 9.80 Å². The maximum absolute atomic E-state index is 13.0. The molecule has 4 N–H and O–H groups in total. The van der Waals surface area contributed by atoms with Gasteiger partial charge in [-0.3, -0.25) is 0 Å². The van der Waals surface area contributed by atoms with Crippen LogP contribution in [0.5, 0.6) is 0 Å². The van der Waals surface area contributed by atoms with Crippen molar-refractivity contribution in [3.63, 3.8) is 0 Å². The number of amides is 2. The van der Waals surface area contributed by atoms with Gasteiger partial charge in [0, 0.05) is 13.1 Å². The van der Waals surface area contributed by atoms with E-state index in [9.17, 15) is 18.4 Å². The standard InChI is InChI=1S/2C9H17FN2O2/c2*1-9(2,3)14-8(13)12-4-6(10)7(11)5-12/h2*6-7H,4-5,11H2,1-3H3/t2*6-,7+/m10/s1. The van der Waals surface area contributed by atoms with Gasteiger partial charge in [0.15, 0.2) is 0 Å². The lowest BCUT2D eigenvalue weighted by Gasteiger charge is -2.24. The fourth-order valence-corrected chi connectivity index (χ4v) is 2.53. The third-order valence-electron chi connectivity index (χ3n) is 3.88. The molecule has 0 aromatic carbocycles. The van der Waals surface area contributed by atoms with Gasteiger partial charge >= 0.3 is 12.2 Å². The number of hydrogen-bond donors (Lipinski definition) is 2. The molecule has 10 heteroatoms. The molecule has 2 aliphatic heterocycles. The van der Waals surface area contributed by atoms with Gasteiger partial charge in [0.1, 0.15) is 23.5 Å². The minimum atomic E-state index is -1.14. The van der Waals surface area contributed by atoms with Gasteiger partial charge in [-0.25, -0.2) is 18.4 Å². The Morgan fingerprint density at radius 3 is 1.21 bits per heavy atom. The summed E-state index contributed by atoms with van der Waals surface area (Å²) < 4.78 is 36.1. The Labute approximate surface area is 165 Å². The number of hydrogen-bond acceptors (Lipinski definition) is 6. The smallest absolute Gasteiger partial charge is 0.410 e. The summed E-state index contributed by atoms with van der Waals surface area (Å²) in [6.07, 6.45) is -3.26. The maximum atomic E-state index is 13.0. The first kappa shape index (κ1) is 24.4. The summed E-state index contributed by atoms with van der Waals surface area (Å²) in [7, 11) is 0. The predicted octanol–water partition coefficient (Wildman–Crippen LogP) is 1.81. The molecule has 164 valence electrons. The van der Waals surface area contributed by atoms with Crippen LogP contribution >= 0.6 is 0 Å². The zero-order valence-electron chi connectivity index (χ0n) is 17.6. The fraction of sp³-hybridized carbons (Fsp3) is 0.889. The molecule has 2 aliphatic rings. The zero-order valence-corrected chi connectivity index (χ0v) is 17.6. The van der Waals surface area contributed by atoms with E-state index in [1.54, 1.807) is 41.5 Å². The molecule has 0 aromatic rings. The molecule has 2 fully saturated rings. The van der Waals surface area contributed by atoms with Crippen LogP contribution in [0.1, 0.15) is 41.5 Å². The summed E-state index contributed by atoms with van der Waals surface area (Å²) in [5.74, 6) is 0. The minimum absolute atomic E-state index is 0.0378. The average molecular weight is 408 g/mol. The third-order valence-corrected chi connectivity index (χ3v) is 3.88. The Morgan fingerprint density at radius 1 is 0.750 bits per heavy atom. The molecule has 2 saturated heterocycles. The van der Waals surface area contributed by atoms with Crippen LogP contribution in [0.2, 0.25) is 0 Å². The molecule has 0 spiro atoms. The monoisotopic (exact) mass is 408 g/mol. The molecule has 0 saturated carbocycles. The second-order valence-electron chi connectivity index (χ2n) is 9.13. The van der Waals surface area contributed by atoms with Crippen molar-refractivity contribution in [2.45, 2.75) is 77.2 Å². The molecule has 8 nitrogen and oxygen atoms in total. The number of alkyl halides is 2. The molecule has 28 heavy (non-hydrogen) atoms. The van der Waals surface area contributed by atoms with Crippen LogP contribution in [0.15, 0.2) is 0 Å². The largest absolute Gasteiger partial charge is 0.444 e. The summed E-state index contributed by atoms with van der Waals surface area (Å²) in [5.41, 5.74) is 9.80. The SMILES string of the molecule is CC(C)(C)OC(=O)N1C[C@@H](F)[C@@H](N)C1.CC(C)(C)OC(=O)N1C[C@@H](N)[C@@H](F)C1. The quantitative estimate of drug-likeness (QED) is 0.632. The fourth-order valence-electron chi connectivity index (χ4n) is 2.53. The summed E-state index contributed by atoms with van der Waals surface area (Å²) in [4.78, 5) is 25.5. The highest BCUT2D eigenvalue weighted by Gasteiger charge is 2.36. The van der Waals surface area contributed by atoms with Crippen LogP contribution in [0, 0.1) is 0 Å².